The molecule has 14 heteroatoms. The maximum atomic E-state index is 13.0. The van der Waals surface area contributed by atoms with Gasteiger partial charge in [0.15, 0.2) is 17.2 Å². The van der Waals surface area contributed by atoms with Gasteiger partial charge in [0.05, 0.1) is 18.9 Å². The van der Waals surface area contributed by atoms with E-state index in [2.05, 4.69) is 40.5 Å². The van der Waals surface area contributed by atoms with E-state index in [1.165, 1.54) is 18.0 Å². The van der Waals surface area contributed by atoms with Gasteiger partial charge >= 0.3 is 5.97 Å². The first-order valence-corrected chi connectivity index (χ1v) is 10.0. The Hall–Kier alpha value is -5.27. The molecule has 0 bridgehead atoms. The molecule has 35 heavy (non-hydrogen) atoms. The van der Waals surface area contributed by atoms with Crippen LogP contribution in [0, 0.1) is 0 Å². The molecule has 0 saturated heterocycles. The van der Waals surface area contributed by atoms with Gasteiger partial charge in [0.2, 0.25) is 18.4 Å². The molecule has 1 aliphatic heterocycles. The smallest absolute Gasteiger partial charge is 0.337 e. The largest absolute Gasteiger partial charge is 0.465 e. The number of carbonyl (C=O) groups is 2. The van der Waals surface area contributed by atoms with Crippen LogP contribution in [0.25, 0.3) is 17.1 Å². The number of esters is 1. The van der Waals surface area contributed by atoms with Crippen LogP contribution in [0.5, 0.6) is 11.5 Å². The van der Waals surface area contributed by atoms with Crippen molar-refractivity contribution < 1.29 is 28.4 Å². The summed E-state index contributed by atoms with van der Waals surface area (Å²) >= 11 is 0. The SMILES string of the molecule is COC(=O)c1ccc(/C=N\NC(=O)c2nnn(-c3nonc3N)c2-c2ccc3c(c2)OCO3)cc1. The van der Waals surface area contributed by atoms with Crippen LogP contribution in [-0.4, -0.2) is 57.3 Å². The molecule has 0 aliphatic carbocycles. The summed E-state index contributed by atoms with van der Waals surface area (Å²) in [7, 11) is 1.30. The average molecular weight is 476 g/mol. The van der Waals surface area contributed by atoms with E-state index in [1.807, 2.05) is 0 Å². The first-order chi connectivity index (χ1) is 17.0. The van der Waals surface area contributed by atoms with E-state index >= 15 is 0 Å². The maximum absolute atomic E-state index is 13.0. The fourth-order valence-electron chi connectivity index (χ4n) is 3.27. The van der Waals surface area contributed by atoms with E-state index in [1.54, 1.807) is 42.5 Å². The zero-order valence-corrected chi connectivity index (χ0v) is 18.0. The van der Waals surface area contributed by atoms with Crippen molar-refractivity contribution in [3.8, 4) is 28.6 Å². The summed E-state index contributed by atoms with van der Waals surface area (Å²) in [6.07, 6.45) is 1.41. The number of methoxy groups -OCH3 is 1. The molecule has 0 unspecified atom stereocenters. The Morgan fingerprint density at radius 3 is 2.69 bits per heavy atom. The predicted octanol–water partition coefficient (Wildman–Crippen LogP) is 1.18. The summed E-state index contributed by atoms with van der Waals surface area (Å²) in [5.74, 6) is -0.0496. The lowest BCUT2D eigenvalue weighted by atomic mass is 10.1. The average Bonchev–Trinajstić information content (AvgIpc) is 3.62. The number of nitrogens with one attached hydrogen (secondary N) is 1. The number of fused-ring (bicyclic) bond motifs is 1. The van der Waals surface area contributed by atoms with Crippen LogP contribution in [0.3, 0.4) is 0 Å². The zero-order valence-electron chi connectivity index (χ0n) is 18.0. The molecule has 0 saturated carbocycles. The van der Waals surface area contributed by atoms with Gasteiger partial charge in [-0.3, -0.25) is 4.79 Å². The first kappa shape index (κ1) is 21.6. The summed E-state index contributed by atoms with van der Waals surface area (Å²) in [5.41, 5.74) is 9.97. The molecule has 3 heterocycles. The van der Waals surface area contributed by atoms with Gasteiger partial charge in [-0.15, -0.1) is 5.10 Å². The quantitative estimate of drug-likeness (QED) is 0.231. The molecular weight excluding hydrogens is 460 g/mol. The molecule has 5 rings (SSSR count). The predicted molar refractivity (Wildman–Crippen MR) is 118 cm³/mol. The monoisotopic (exact) mass is 476 g/mol. The van der Waals surface area contributed by atoms with Crippen molar-refractivity contribution in [2.45, 2.75) is 0 Å². The third-order valence-corrected chi connectivity index (χ3v) is 4.94. The number of nitrogens with two attached hydrogens (primary N) is 1. The molecule has 4 aromatic rings. The summed E-state index contributed by atoms with van der Waals surface area (Å²) < 4.78 is 21.4. The van der Waals surface area contributed by atoms with Crippen LogP contribution in [0.2, 0.25) is 0 Å². The molecule has 1 amide bonds. The van der Waals surface area contributed by atoms with Crippen LogP contribution in [0.15, 0.2) is 52.2 Å². The van der Waals surface area contributed by atoms with Gasteiger partial charge in [0.25, 0.3) is 5.91 Å². The molecule has 0 spiro atoms. The van der Waals surface area contributed by atoms with E-state index in [-0.39, 0.29) is 29.8 Å². The number of nitrogens with zero attached hydrogens (tertiary/aromatic N) is 6. The molecular formula is C21H16N8O6. The fraction of sp³-hybridized carbons (Fsp3) is 0.0952. The second-order valence-corrected chi connectivity index (χ2v) is 7.05. The Kier molecular flexibility index (Phi) is 5.51. The number of anilines is 1. The van der Waals surface area contributed by atoms with Crippen molar-refractivity contribution in [3.63, 3.8) is 0 Å². The van der Waals surface area contributed by atoms with Crippen LogP contribution >= 0.6 is 0 Å². The second kappa shape index (κ2) is 8.93. The lowest BCUT2D eigenvalue weighted by Crippen LogP contribution is -2.19. The number of nitrogen functional groups attached to an aromatic ring is 1. The number of amides is 1. The van der Waals surface area contributed by atoms with Crippen molar-refractivity contribution in [1.29, 1.82) is 0 Å². The normalized spacial score (nSPS) is 12.1. The molecule has 2 aromatic carbocycles. The molecule has 1 aliphatic rings. The Labute approximate surface area is 196 Å². The van der Waals surface area contributed by atoms with E-state index in [0.717, 1.165) is 0 Å². The highest BCUT2D eigenvalue weighted by Gasteiger charge is 2.26. The number of hydrogen-bond acceptors (Lipinski definition) is 12. The second-order valence-electron chi connectivity index (χ2n) is 7.05. The topological polar surface area (TPSA) is 182 Å². The Balaban J connectivity index is 1.44. The van der Waals surface area contributed by atoms with Crippen molar-refractivity contribution in [2.24, 2.45) is 5.10 Å². The van der Waals surface area contributed by atoms with Gasteiger partial charge in [-0.05, 0) is 46.2 Å². The van der Waals surface area contributed by atoms with Crippen LogP contribution in [-0.2, 0) is 4.74 Å². The number of aromatic nitrogens is 5. The van der Waals surface area contributed by atoms with Gasteiger partial charge in [-0.25, -0.2) is 14.8 Å². The van der Waals surface area contributed by atoms with Gasteiger partial charge < -0.3 is 19.9 Å². The lowest BCUT2D eigenvalue weighted by molar-refractivity contribution is 0.0600. The molecule has 0 atom stereocenters. The number of hydrazone groups is 1. The van der Waals surface area contributed by atoms with Crippen molar-refractivity contribution in [1.82, 2.24) is 30.7 Å². The Bertz CT molecular complexity index is 1440. The summed E-state index contributed by atoms with van der Waals surface area (Å²) in [6.45, 7) is 0.0825. The standard InChI is InChI=1S/C21H16N8O6/c1-32-21(31)12-4-2-11(3-5-12)9-23-25-20(30)16-17(13-6-7-14-15(8-13)34-10-33-14)29(28-24-16)19-18(22)26-35-27-19/h2-9H,10H2,1H3,(H2,22,26)(H,25,30)/b23-9-. The Morgan fingerprint density at radius 1 is 1.14 bits per heavy atom. The van der Waals surface area contributed by atoms with Gasteiger partial charge in [-0.1, -0.05) is 17.3 Å². The van der Waals surface area contributed by atoms with Gasteiger partial charge in [-0.2, -0.15) is 9.78 Å². The maximum Gasteiger partial charge on any atom is 0.337 e. The molecule has 176 valence electrons. The highest BCUT2D eigenvalue weighted by atomic mass is 16.7. The molecule has 0 radical (unpaired) electrons. The minimum absolute atomic E-state index is 0.0442. The van der Waals surface area contributed by atoms with E-state index in [0.29, 0.717) is 28.2 Å². The van der Waals surface area contributed by atoms with Gasteiger partial charge in [0.1, 0.15) is 5.69 Å². The Morgan fingerprint density at radius 2 is 1.94 bits per heavy atom. The summed E-state index contributed by atoms with van der Waals surface area (Å²) in [5, 5.41) is 19.3. The van der Waals surface area contributed by atoms with E-state index < -0.39 is 11.9 Å². The summed E-state index contributed by atoms with van der Waals surface area (Å²) in [4.78, 5) is 24.5. The van der Waals surface area contributed by atoms with Crippen LogP contribution in [0.1, 0.15) is 26.4 Å². The number of carbonyl (C=O) groups excluding carboxylic acids is 2. The third-order valence-electron chi connectivity index (χ3n) is 4.94. The number of ether oxygens (including phenoxy) is 3. The molecule has 2 aromatic heterocycles. The molecule has 14 nitrogen and oxygen atoms in total. The van der Waals surface area contributed by atoms with Crippen molar-refractivity contribution >= 4 is 23.9 Å². The zero-order chi connectivity index (χ0) is 24.4. The number of rotatable bonds is 6. The number of hydrogen-bond donors (Lipinski definition) is 2. The van der Waals surface area contributed by atoms with Crippen LogP contribution in [0.4, 0.5) is 5.82 Å². The minimum atomic E-state index is -0.652. The fourth-order valence-corrected chi connectivity index (χ4v) is 3.27. The highest BCUT2D eigenvalue weighted by molar-refractivity contribution is 5.99. The van der Waals surface area contributed by atoms with Crippen LogP contribution < -0.4 is 20.6 Å². The summed E-state index contributed by atoms with van der Waals surface area (Å²) in [6, 6.07) is 11.5. The molecule has 3 N–H and O–H groups in total. The highest BCUT2D eigenvalue weighted by Crippen LogP contribution is 2.37. The lowest BCUT2D eigenvalue weighted by Gasteiger charge is -2.07. The molecule has 0 fully saturated rings. The first-order valence-electron chi connectivity index (χ1n) is 10.0. The van der Waals surface area contributed by atoms with Gasteiger partial charge in [0, 0.05) is 5.56 Å². The minimum Gasteiger partial charge on any atom is -0.465 e. The number of benzene rings is 2. The van der Waals surface area contributed by atoms with E-state index in [9.17, 15) is 9.59 Å². The van der Waals surface area contributed by atoms with Crippen molar-refractivity contribution in [3.05, 3.63) is 59.3 Å². The van der Waals surface area contributed by atoms with E-state index in [4.69, 9.17) is 15.2 Å². The third kappa shape index (κ3) is 4.10. The van der Waals surface area contributed by atoms with Crippen molar-refractivity contribution in [2.75, 3.05) is 19.6 Å².